The third-order valence-electron chi connectivity index (χ3n) is 3.74. The summed E-state index contributed by atoms with van der Waals surface area (Å²) >= 11 is 0. The zero-order valence-electron chi connectivity index (χ0n) is 12.8. The highest BCUT2D eigenvalue weighted by molar-refractivity contribution is 5.94. The number of benzene rings is 1. The maximum absolute atomic E-state index is 13.7. The van der Waals surface area contributed by atoms with Crippen LogP contribution in [0.3, 0.4) is 0 Å². The first kappa shape index (κ1) is 15.9. The summed E-state index contributed by atoms with van der Waals surface area (Å²) < 4.78 is 31.9. The molecule has 0 saturated carbocycles. The second kappa shape index (κ2) is 6.62. The molecule has 1 atom stereocenters. The molecule has 2 aromatic heterocycles. The molecule has 3 rings (SSSR count). The van der Waals surface area contributed by atoms with Gasteiger partial charge in [0.05, 0.1) is 17.9 Å². The topological polar surface area (TPSA) is 46.3 Å². The van der Waals surface area contributed by atoms with E-state index in [1.54, 1.807) is 37.6 Å². The number of carbonyl (C=O) groups is 1. The Hall–Kier alpha value is -3.02. The highest BCUT2D eigenvalue weighted by atomic mass is 19.2. The van der Waals surface area contributed by atoms with Crippen molar-refractivity contribution >= 4 is 5.91 Å². The molecular weight excluding hydrogens is 314 g/mol. The number of carbonyl (C=O) groups excluding carboxylic acids is 1. The van der Waals surface area contributed by atoms with E-state index < -0.39 is 17.7 Å². The fourth-order valence-corrected chi connectivity index (χ4v) is 2.57. The van der Waals surface area contributed by atoms with E-state index in [4.69, 9.17) is 4.42 Å². The molecule has 0 unspecified atom stereocenters. The second-order valence-corrected chi connectivity index (χ2v) is 5.29. The molecule has 0 bridgehead atoms. The van der Waals surface area contributed by atoms with Crippen molar-refractivity contribution in [3.63, 3.8) is 0 Å². The minimum absolute atomic E-state index is 0.303. The lowest BCUT2D eigenvalue weighted by Crippen LogP contribution is -2.32. The van der Waals surface area contributed by atoms with E-state index in [-0.39, 0.29) is 5.91 Å². The third-order valence-corrected chi connectivity index (χ3v) is 3.74. The number of nitrogens with zero attached hydrogens (tertiary/aromatic N) is 2. The number of halogens is 2. The maximum Gasteiger partial charge on any atom is 0.257 e. The van der Waals surface area contributed by atoms with Crippen molar-refractivity contribution in [2.45, 2.75) is 6.04 Å². The van der Waals surface area contributed by atoms with Crippen LogP contribution in [0.2, 0.25) is 0 Å². The van der Waals surface area contributed by atoms with E-state index in [1.165, 1.54) is 23.5 Å². The van der Waals surface area contributed by atoms with Gasteiger partial charge in [0, 0.05) is 19.4 Å². The van der Waals surface area contributed by atoms with Gasteiger partial charge in [0.15, 0.2) is 11.6 Å². The summed E-state index contributed by atoms with van der Waals surface area (Å²) in [7, 11) is 1.59. The predicted molar refractivity (Wildman–Crippen MR) is 83.2 cm³/mol. The van der Waals surface area contributed by atoms with Gasteiger partial charge in [0.25, 0.3) is 5.91 Å². The van der Waals surface area contributed by atoms with Crippen LogP contribution in [-0.4, -0.2) is 22.8 Å². The van der Waals surface area contributed by atoms with Crippen LogP contribution in [0.5, 0.6) is 0 Å². The zero-order valence-corrected chi connectivity index (χ0v) is 12.8. The number of hydrogen-bond donors (Lipinski definition) is 0. The summed E-state index contributed by atoms with van der Waals surface area (Å²) in [5.41, 5.74) is 1.50. The Kier molecular flexibility index (Phi) is 4.37. The third kappa shape index (κ3) is 3.03. The normalized spacial score (nSPS) is 12.0. The Balaban J connectivity index is 2.05. The molecule has 122 valence electrons. The lowest BCUT2D eigenvalue weighted by molar-refractivity contribution is 0.0754. The molecular formula is C18H14F2N2O2. The predicted octanol–water partition coefficient (Wildman–Crippen LogP) is 3.81. The first-order chi connectivity index (χ1) is 11.6. The Labute approximate surface area is 137 Å². The lowest BCUT2D eigenvalue weighted by atomic mass is 9.98. The number of amides is 1. The van der Waals surface area contributed by atoms with Gasteiger partial charge in [0.1, 0.15) is 6.26 Å². The maximum atomic E-state index is 13.7. The Morgan fingerprint density at radius 1 is 1.17 bits per heavy atom. The summed E-state index contributed by atoms with van der Waals surface area (Å²) in [4.78, 5) is 18.1. The summed E-state index contributed by atoms with van der Waals surface area (Å²) in [5, 5.41) is 0. The average Bonchev–Trinajstić information content (AvgIpc) is 3.13. The van der Waals surface area contributed by atoms with Gasteiger partial charge in [-0.2, -0.15) is 0 Å². The highest BCUT2D eigenvalue weighted by Crippen LogP contribution is 2.29. The number of rotatable bonds is 4. The van der Waals surface area contributed by atoms with Gasteiger partial charge < -0.3 is 9.32 Å². The molecule has 0 aliphatic carbocycles. The lowest BCUT2D eigenvalue weighted by Gasteiger charge is -2.28. The molecule has 1 aromatic carbocycles. The number of hydrogen-bond acceptors (Lipinski definition) is 3. The molecule has 6 heteroatoms. The minimum atomic E-state index is -0.967. The molecule has 24 heavy (non-hydrogen) atoms. The number of pyridine rings is 1. The smallest absolute Gasteiger partial charge is 0.257 e. The minimum Gasteiger partial charge on any atom is -0.472 e. The van der Waals surface area contributed by atoms with Gasteiger partial charge in [-0.3, -0.25) is 9.78 Å². The van der Waals surface area contributed by atoms with Crippen molar-refractivity contribution in [1.82, 2.24) is 9.88 Å². The standard InChI is InChI=1S/C18H14F2N2O2/c1-22(18(23)14-6-8-24-11-14)17(13-3-2-7-21-10-13)12-4-5-15(19)16(20)9-12/h2-11,17H,1H3/t17-/m0/s1. The van der Waals surface area contributed by atoms with Gasteiger partial charge in [-0.25, -0.2) is 8.78 Å². The molecule has 0 fully saturated rings. The van der Waals surface area contributed by atoms with E-state index in [2.05, 4.69) is 4.98 Å². The summed E-state index contributed by atoms with van der Waals surface area (Å²) in [5.74, 6) is -2.21. The molecule has 0 spiro atoms. The van der Waals surface area contributed by atoms with Gasteiger partial charge in [-0.1, -0.05) is 12.1 Å². The van der Waals surface area contributed by atoms with Crippen molar-refractivity contribution in [3.05, 3.63) is 89.6 Å². The quantitative estimate of drug-likeness (QED) is 0.731. The van der Waals surface area contributed by atoms with Gasteiger partial charge in [-0.05, 0) is 35.4 Å². The number of aromatic nitrogens is 1. The largest absolute Gasteiger partial charge is 0.472 e. The Morgan fingerprint density at radius 3 is 2.62 bits per heavy atom. The average molecular weight is 328 g/mol. The van der Waals surface area contributed by atoms with Crippen molar-refractivity contribution in [1.29, 1.82) is 0 Å². The zero-order chi connectivity index (χ0) is 17.1. The van der Waals surface area contributed by atoms with Crippen molar-refractivity contribution < 1.29 is 18.0 Å². The van der Waals surface area contributed by atoms with Crippen molar-refractivity contribution in [2.75, 3.05) is 7.05 Å². The van der Waals surface area contributed by atoms with Gasteiger partial charge in [0.2, 0.25) is 0 Å². The fourth-order valence-electron chi connectivity index (χ4n) is 2.57. The van der Waals surface area contributed by atoms with Crippen LogP contribution in [0.4, 0.5) is 8.78 Å². The van der Waals surface area contributed by atoms with Crippen LogP contribution in [0.15, 0.2) is 65.7 Å². The van der Waals surface area contributed by atoms with Crippen LogP contribution >= 0.6 is 0 Å². The van der Waals surface area contributed by atoms with Crippen LogP contribution in [0.25, 0.3) is 0 Å². The van der Waals surface area contributed by atoms with E-state index in [9.17, 15) is 13.6 Å². The van der Waals surface area contributed by atoms with Gasteiger partial charge >= 0.3 is 0 Å². The van der Waals surface area contributed by atoms with Crippen LogP contribution < -0.4 is 0 Å². The van der Waals surface area contributed by atoms with Crippen LogP contribution in [0, 0.1) is 11.6 Å². The fraction of sp³-hybridized carbons (Fsp3) is 0.111. The first-order valence-electron chi connectivity index (χ1n) is 7.22. The summed E-state index contributed by atoms with van der Waals surface area (Å²) in [6.07, 6.45) is 5.93. The summed E-state index contributed by atoms with van der Waals surface area (Å²) in [6.45, 7) is 0. The SMILES string of the molecule is CN(C(=O)c1ccoc1)[C@H](c1cccnc1)c1ccc(F)c(F)c1. The molecule has 4 nitrogen and oxygen atoms in total. The number of furan rings is 1. The Morgan fingerprint density at radius 2 is 2.00 bits per heavy atom. The molecule has 3 aromatic rings. The molecule has 0 aliphatic heterocycles. The Bertz CT molecular complexity index is 835. The molecule has 0 aliphatic rings. The molecule has 0 saturated heterocycles. The molecule has 0 radical (unpaired) electrons. The first-order valence-corrected chi connectivity index (χ1v) is 7.22. The summed E-state index contributed by atoms with van der Waals surface area (Å²) in [6, 6.07) is 8.02. The van der Waals surface area contributed by atoms with E-state index in [0.29, 0.717) is 16.7 Å². The van der Waals surface area contributed by atoms with E-state index in [1.807, 2.05) is 0 Å². The van der Waals surface area contributed by atoms with Crippen LogP contribution in [-0.2, 0) is 0 Å². The van der Waals surface area contributed by atoms with Crippen molar-refractivity contribution in [2.24, 2.45) is 0 Å². The van der Waals surface area contributed by atoms with E-state index >= 15 is 0 Å². The highest BCUT2D eigenvalue weighted by Gasteiger charge is 2.26. The monoisotopic (exact) mass is 328 g/mol. The molecule has 2 heterocycles. The molecule has 0 N–H and O–H groups in total. The van der Waals surface area contributed by atoms with Crippen molar-refractivity contribution in [3.8, 4) is 0 Å². The van der Waals surface area contributed by atoms with Gasteiger partial charge in [-0.15, -0.1) is 0 Å². The van der Waals surface area contributed by atoms with E-state index in [0.717, 1.165) is 12.1 Å². The second-order valence-electron chi connectivity index (χ2n) is 5.29. The van der Waals surface area contributed by atoms with Crippen LogP contribution in [0.1, 0.15) is 27.5 Å². The molecule has 1 amide bonds.